The van der Waals surface area contributed by atoms with Gasteiger partial charge in [-0.1, -0.05) is 42.5 Å². The fourth-order valence-electron chi connectivity index (χ4n) is 4.79. The number of carbonyl (C=O) groups is 3. The van der Waals surface area contributed by atoms with Crippen molar-refractivity contribution < 1.29 is 23.9 Å². The number of fused-ring (bicyclic) bond motifs is 1. The maximum Gasteiger partial charge on any atom is 0.412 e. The summed E-state index contributed by atoms with van der Waals surface area (Å²) in [5.41, 5.74) is 0.756. The van der Waals surface area contributed by atoms with E-state index in [1.165, 1.54) is 11.3 Å². The summed E-state index contributed by atoms with van der Waals surface area (Å²) in [6, 6.07) is 18.9. The summed E-state index contributed by atoms with van der Waals surface area (Å²) in [4.78, 5) is 41.7. The van der Waals surface area contributed by atoms with Crippen molar-refractivity contribution in [2.24, 2.45) is 0 Å². The number of benzene rings is 2. The van der Waals surface area contributed by atoms with E-state index >= 15 is 0 Å². The molecule has 0 radical (unpaired) electrons. The highest BCUT2D eigenvalue weighted by molar-refractivity contribution is 7.20. The van der Waals surface area contributed by atoms with Crippen LogP contribution in [0.1, 0.15) is 60.7 Å². The van der Waals surface area contributed by atoms with E-state index in [4.69, 9.17) is 9.47 Å². The monoisotopic (exact) mass is 518 g/mol. The zero-order chi connectivity index (χ0) is 26.2. The SMILES string of the molecule is CC(C)(C)OC(=O)Nc1sc(-c2ccccc2)cc1C(=O)N1CCC2(CC1)CC(=O)c1ccccc1O2. The fourth-order valence-corrected chi connectivity index (χ4v) is 5.83. The molecule has 192 valence electrons. The predicted molar refractivity (Wildman–Crippen MR) is 143 cm³/mol. The average Bonchev–Trinajstić information content (AvgIpc) is 3.27. The molecule has 37 heavy (non-hydrogen) atoms. The maximum atomic E-state index is 13.7. The van der Waals surface area contributed by atoms with Gasteiger partial charge >= 0.3 is 6.09 Å². The predicted octanol–water partition coefficient (Wildman–Crippen LogP) is 6.40. The van der Waals surface area contributed by atoms with Crippen molar-refractivity contribution in [3.05, 3.63) is 71.8 Å². The highest BCUT2D eigenvalue weighted by Gasteiger charge is 2.44. The van der Waals surface area contributed by atoms with Crippen LogP contribution < -0.4 is 10.1 Å². The number of piperidine rings is 1. The molecular weight excluding hydrogens is 488 g/mol. The third-order valence-corrected chi connectivity index (χ3v) is 7.69. The fraction of sp³-hybridized carbons (Fsp3) is 0.345. The highest BCUT2D eigenvalue weighted by atomic mass is 32.1. The molecule has 0 atom stereocenters. The average molecular weight is 519 g/mol. The number of hydrogen-bond donors (Lipinski definition) is 1. The van der Waals surface area contributed by atoms with Gasteiger partial charge in [-0.25, -0.2) is 4.79 Å². The van der Waals surface area contributed by atoms with Crippen LogP contribution in [0.25, 0.3) is 10.4 Å². The molecule has 0 bridgehead atoms. The van der Waals surface area contributed by atoms with Crippen molar-refractivity contribution in [3.8, 4) is 16.2 Å². The Bertz CT molecular complexity index is 1330. The second-order valence-electron chi connectivity index (χ2n) is 10.5. The quantitative estimate of drug-likeness (QED) is 0.434. The minimum absolute atomic E-state index is 0.0795. The lowest BCUT2D eigenvalue weighted by atomic mass is 9.82. The molecule has 2 aliphatic rings. The van der Waals surface area contributed by atoms with Crippen LogP contribution in [0, 0.1) is 0 Å². The Morgan fingerprint density at radius 3 is 2.41 bits per heavy atom. The Morgan fingerprint density at radius 2 is 1.70 bits per heavy atom. The number of ether oxygens (including phenoxy) is 2. The topological polar surface area (TPSA) is 84.9 Å². The van der Waals surface area contributed by atoms with Crippen LogP contribution in [0.4, 0.5) is 9.80 Å². The number of amides is 2. The van der Waals surface area contributed by atoms with Crippen molar-refractivity contribution >= 4 is 34.1 Å². The van der Waals surface area contributed by atoms with Gasteiger partial charge in [0.25, 0.3) is 5.91 Å². The Balaban J connectivity index is 1.36. The molecule has 1 spiro atoms. The zero-order valence-corrected chi connectivity index (χ0v) is 22.0. The molecule has 1 aromatic heterocycles. The summed E-state index contributed by atoms with van der Waals surface area (Å²) in [5.74, 6) is 0.533. The normalized spacial score (nSPS) is 16.6. The minimum Gasteiger partial charge on any atom is -0.486 e. The van der Waals surface area contributed by atoms with Gasteiger partial charge in [0.2, 0.25) is 0 Å². The third kappa shape index (κ3) is 5.39. The Hall–Kier alpha value is -3.65. The van der Waals surface area contributed by atoms with Crippen LogP contribution in [0.2, 0.25) is 0 Å². The first-order valence-corrected chi connectivity index (χ1v) is 13.2. The van der Waals surface area contributed by atoms with Gasteiger partial charge in [-0.3, -0.25) is 14.9 Å². The number of Topliss-reactive ketones (excluding diaryl/α,β-unsaturated/α-hetero) is 1. The molecule has 0 saturated carbocycles. The number of ketones is 1. The van der Waals surface area contributed by atoms with Gasteiger partial charge in [0.05, 0.1) is 17.5 Å². The number of carbonyl (C=O) groups excluding carboxylic acids is 3. The van der Waals surface area contributed by atoms with Crippen LogP contribution >= 0.6 is 11.3 Å². The summed E-state index contributed by atoms with van der Waals surface area (Å²) in [7, 11) is 0. The second-order valence-corrected chi connectivity index (χ2v) is 11.6. The van der Waals surface area contributed by atoms with Crippen molar-refractivity contribution in [1.82, 2.24) is 4.90 Å². The van der Waals surface area contributed by atoms with E-state index in [1.807, 2.05) is 54.6 Å². The first-order chi connectivity index (χ1) is 17.6. The summed E-state index contributed by atoms with van der Waals surface area (Å²) >= 11 is 1.34. The molecule has 2 aromatic carbocycles. The van der Waals surface area contributed by atoms with Gasteiger partial charge in [-0.15, -0.1) is 11.3 Å². The van der Waals surface area contributed by atoms with Gasteiger partial charge in [-0.2, -0.15) is 0 Å². The summed E-state index contributed by atoms with van der Waals surface area (Å²) < 4.78 is 11.8. The lowest BCUT2D eigenvalue weighted by Gasteiger charge is -2.43. The molecule has 2 amide bonds. The molecule has 3 aromatic rings. The van der Waals surface area contributed by atoms with E-state index in [9.17, 15) is 14.4 Å². The van der Waals surface area contributed by atoms with Crippen LogP contribution in [-0.4, -0.2) is 47.0 Å². The number of anilines is 1. The highest BCUT2D eigenvalue weighted by Crippen LogP contribution is 2.41. The van der Waals surface area contributed by atoms with Crippen LogP contribution in [0.3, 0.4) is 0 Å². The van der Waals surface area contributed by atoms with Crippen molar-refractivity contribution in [1.29, 1.82) is 0 Å². The molecule has 3 heterocycles. The molecule has 5 rings (SSSR count). The molecular formula is C29H30N2O5S. The number of nitrogens with zero attached hydrogens (tertiary/aromatic N) is 1. The summed E-state index contributed by atoms with van der Waals surface area (Å²) in [6.45, 7) is 6.29. The second kappa shape index (κ2) is 9.67. The van der Waals surface area contributed by atoms with Crippen LogP contribution in [0.15, 0.2) is 60.7 Å². The Labute approximate surface area is 220 Å². The van der Waals surface area contributed by atoms with E-state index in [1.54, 1.807) is 31.7 Å². The first kappa shape index (κ1) is 25.0. The smallest absolute Gasteiger partial charge is 0.412 e. The van der Waals surface area contributed by atoms with Crippen molar-refractivity contribution in [2.45, 2.75) is 51.2 Å². The largest absolute Gasteiger partial charge is 0.486 e. The number of likely N-dealkylation sites (tertiary alicyclic amines) is 1. The molecule has 1 N–H and O–H groups in total. The van der Waals surface area contributed by atoms with Crippen LogP contribution in [0.5, 0.6) is 5.75 Å². The number of nitrogens with one attached hydrogen (secondary N) is 1. The van der Waals surface area contributed by atoms with E-state index in [2.05, 4.69) is 5.32 Å². The molecule has 7 nitrogen and oxygen atoms in total. The zero-order valence-electron chi connectivity index (χ0n) is 21.2. The van der Waals surface area contributed by atoms with Gasteiger partial charge in [-0.05, 0) is 44.5 Å². The van der Waals surface area contributed by atoms with Gasteiger partial charge < -0.3 is 14.4 Å². The standard InChI is InChI=1S/C29H30N2O5S/c1-28(2,3)36-27(34)30-25-21(17-24(37-25)19-9-5-4-6-10-19)26(33)31-15-13-29(14-16-31)18-22(32)20-11-7-8-12-23(20)35-29/h4-12,17H,13-16,18H2,1-3H3,(H,30,34). The maximum absolute atomic E-state index is 13.7. The Kier molecular flexibility index (Phi) is 6.54. The van der Waals surface area contributed by atoms with E-state index in [-0.39, 0.29) is 11.7 Å². The molecule has 0 aliphatic carbocycles. The van der Waals surface area contributed by atoms with Gasteiger partial charge in [0.15, 0.2) is 5.78 Å². The molecule has 1 fully saturated rings. The summed E-state index contributed by atoms with van der Waals surface area (Å²) in [5, 5.41) is 3.25. The third-order valence-electron chi connectivity index (χ3n) is 6.59. The molecule has 8 heteroatoms. The van der Waals surface area contributed by atoms with Crippen LogP contribution in [-0.2, 0) is 4.74 Å². The molecule has 0 unspecified atom stereocenters. The number of para-hydroxylation sites is 1. The van der Waals surface area contributed by atoms with Gasteiger partial charge in [0, 0.05) is 30.8 Å². The van der Waals surface area contributed by atoms with E-state index in [0.29, 0.717) is 54.2 Å². The molecule has 1 saturated heterocycles. The minimum atomic E-state index is -0.662. The first-order valence-electron chi connectivity index (χ1n) is 12.4. The van der Waals surface area contributed by atoms with Crippen molar-refractivity contribution in [2.75, 3.05) is 18.4 Å². The lowest BCUT2D eigenvalue weighted by Crippen LogP contribution is -2.52. The van der Waals surface area contributed by atoms with E-state index in [0.717, 1.165) is 10.4 Å². The number of hydrogen-bond acceptors (Lipinski definition) is 6. The van der Waals surface area contributed by atoms with E-state index < -0.39 is 17.3 Å². The Morgan fingerprint density at radius 1 is 1.03 bits per heavy atom. The summed E-state index contributed by atoms with van der Waals surface area (Å²) in [6.07, 6.45) is 0.828. The lowest BCUT2D eigenvalue weighted by molar-refractivity contribution is -0.00567. The number of thiophene rings is 1. The van der Waals surface area contributed by atoms with Gasteiger partial charge in [0.1, 0.15) is 22.0 Å². The van der Waals surface area contributed by atoms with Crippen molar-refractivity contribution in [3.63, 3.8) is 0 Å². The molecule has 2 aliphatic heterocycles. The number of rotatable bonds is 3.